The quantitative estimate of drug-likeness (QED) is 0.844. The number of Topliss-reactive ketones (excluding diaryl/α,β-unsaturated/α-hetero) is 1. The van der Waals surface area contributed by atoms with Gasteiger partial charge in [-0.2, -0.15) is 0 Å². The summed E-state index contributed by atoms with van der Waals surface area (Å²) in [6.07, 6.45) is 15.0. The molecule has 0 aromatic carbocycles. The molecular weight excluding hydrogens is 260 g/mol. The number of carbonyl (C=O) groups is 1. The number of ketones is 1. The van der Waals surface area contributed by atoms with E-state index in [1.807, 2.05) is 6.20 Å². The van der Waals surface area contributed by atoms with Crippen molar-refractivity contribution in [1.29, 1.82) is 0 Å². The van der Waals surface area contributed by atoms with Crippen molar-refractivity contribution in [3.8, 4) is 0 Å². The summed E-state index contributed by atoms with van der Waals surface area (Å²) in [6.45, 7) is 2.25. The maximum Gasteiger partial charge on any atom is 0.142 e. The van der Waals surface area contributed by atoms with Crippen molar-refractivity contribution in [1.82, 2.24) is 10.2 Å². The van der Waals surface area contributed by atoms with E-state index in [1.54, 1.807) is 0 Å². The van der Waals surface area contributed by atoms with Crippen LogP contribution in [-0.4, -0.2) is 36.9 Å². The van der Waals surface area contributed by atoms with Gasteiger partial charge in [-0.15, -0.1) is 0 Å². The molecule has 1 aliphatic heterocycles. The second kappa shape index (κ2) is 6.78. The summed E-state index contributed by atoms with van der Waals surface area (Å²) in [7, 11) is 2.22. The van der Waals surface area contributed by atoms with Gasteiger partial charge in [0.15, 0.2) is 0 Å². The third-order valence-electron chi connectivity index (χ3n) is 5.30. The van der Waals surface area contributed by atoms with E-state index >= 15 is 0 Å². The van der Waals surface area contributed by atoms with Crippen LogP contribution in [0.15, 0.2) is 23.9 Å². The highest BCUT2D eigenvalue weighted by atomic mass is 16.1. The highest BCUT2D eigenvalue weighted by molar-refractivity contribution is 5.85. The van der Waals surface area contributed by atoms with Crippen molar-refractivity contribution in [2.45, 2.75) is 51.0 Å². The summed E-state index contributed by atoms with van der Waals surface area (Å²) in [5.74, 6) is 1.43. The smallest absolute Gasteiger partial charge is 0.142 e. The van der Waals surface area contributed by atoms with Gasteiger partial charge in [0.2, 0.25) is 0 Å². The first-order valence-electron chi connectivity index (χ1n) is 8.58. The van der Waals surface area contributed by atoms with Gasteiger partial charge in [0.25, 0.3) is 0 Å². The molecule has 3 nitrogen and oxygen atoms in total. The highest BCUT2D eigenvalue weighted by Gasteiger charge is 2.29. The molecule has 1 saturated carbocycles. The highest BCUT2D eigenvalue weighted by Crippen LogP contribution is 2.27. The zero-order valence-electron chi connectivity index (χ0n) is 13.2. The summed E-state index contributed by atoms with van der Waals surface area (Å²) in [6, 6.07) is 0.258. The van der Waals surface area contributed by atoms with Gasteiger partial charge in [-0.05, 0) is 56.6 Å². The molecule has 1 N–H and O–H groups in total. The Morgan fingerprint density at radius 1 is 1.29 bits per heavy atom. The molecular formula is C18H28N2O. The van der Waals surface area contributed by atoms with Gasteiger partial charge in [-0.3, -0.25) is 4.79 Å². The lowest BCUT2D eigenvalue weighted by molar-refractivity contribution is -0.122. The van der Waals surface area contributed by atoms with E-state index in [-0.39, 0.29) is 12.0 Å². The van der Waals surface area contributed by atoms with Crippen LogP contribution in [0.3, 0.4) is 0 Å². The fourth-order valence-corrected chi connectivity index (χ4v) is 4.00. The van der Waals surface area contributed by atoms with Gasteiger partial charge in [0.1, 0.15) is 5.78 Å². The molecule has 3 aliphatic rings. The summed E-state index contributed by atoms with van der Waals surface area (Å²) < 4.78 is 0. The second-order valence-electron chi connectivity index (χ2n) is 7.05. The third kappa shape index (κ3) is 3.76. The number of rotatable bonds is 5. The minimum Gasteiger partial charge on any atom is -0.384 e. The minimum absolute atomic E-state index is 0.134. The van der Waals surface area contributed by atoms with E-state index in [1.165, 1.54) is 44.2 Å². The standard InChI is InChI=1S/C18H28N2O/c1-20(13-14-5-3-2-4-6-14)10-8-16-11-15-7-9-19-17(15)12-18(16)21/h7,9,11,14,16-17,19H,2-6,8,10,12-13H2,1H3. The van der Waals surface area contributed by atoms with Crippen LogP contribution >= 0.6 is 0 Å². The Hall–Kier alpha value is -1.09. The zero-order chi connectivity index (χ0) is 14.7. The molecule has 0 bridgehead atoms. The monoisotopic (exact) mass is 288 g/mol. The number of nitrogens with zero attached hydrogens (tertiary/aromatic N) is 1. The molecule has 3 rings (SSSR count). The van der Waals surface area contributed by atoms with Gasteiger partial charge in [-0.25, -0.2) is 0 Å². The Morgan fingerprint density at radius 2 is 2.10 bits per heavy atom. The van der Waals surface area contributed by atoms with Crippen molar-refractivity contribution >= 4 is 5.78 Å². The van der Waals surface area contributed by atoms with Crippen LogP contribution in [-0.2, 0) is 4.79 Å². The molecule has 0 aromatic heterocycles. The number of carbonyl (C=O) groups excluding carboxylic acids is 1. The molecule has 2 unspecified atom stereocenters. The van der Waals surface area contributed by atoms with Crippen molar-refractivity contribution in [3.05, 3.63) is 23.9 Å². The lowest BCUT2D eigenvalue weighted by Crippen LogP contribution is -2.34. The Morgan fingerprint density at radius 3 is 2.90 bits per heavy atom. The SMILES string of the molecule is CN(CCC1C=C2C=CNC2CC1=O)CC1CCCCC1. The molecule has 3 heteroatoms. The number of hydrogen-bond donors (Lipinski definition) is 1. The molecule has 0 aromatic rings. The molecule has 116 valence electrons. The molecule has 0 saturated heterocycles. The van der Waals surface area contributed by atoms with Gasteiger partial charge >= 0.3 is 0 Å². The molecule has 1 fully saturated rings. The number of nitrogens with one attached hydrogen (secondary N) is 1. The molecule has 2 aliphatic carbocycles. The van der Waals surface area contributed by atoms with E-state index < -0.39 is 0 Å². The summed E-state index contributed by atoms with van der Waals surface area (Å²) in [4.78, 5) is 14.6. The third-order valence-corrected chi connectivity index (χ3v) is 5.30. The van der Waals surface area contributed by atoms with E-state index in [0.717, 1.165) is 18.9 Å². The summed E-state index contributed by atoms with van der Waals surface area (Å²) >= 11 is 0. The molecule has 1 heterocycles. The predicted octanol–water partition coefficient (Wildman–Crippen LogP) is 2.89. The Balaban J connectivity index is 1.46. The Bertz CT molecular complexity index is 434. The number of hydrogen-bond acceptors (Lipinski definition) is 3. The molecule has 0 amide bonds. The number of allylic oxidation sites excluding steroid dienone is 1. The van der Waals surface area contributed by atoms with Crippen LogP contribution in [0, 0.1) is 11.8 Å². The fraction of sp³-hybridized carbons (Fsp3) is 0.722. The van der Waals surface area contributed by atoms with Crippen LogP contribution in [0.1, 0.15) is 44.9 Å². The average Bonchev–Trinajstić information content (AvgIpc) is 2.93. The van der Waals surface area contributed by atoms with Crippen LogP contribution < -0.4 is 5.32 Å². The first-order chi connectivity index (χ1) is 10.2. The molecule has 0 radical (unpaired) electrons. The summed E-state index contributed by atoms with van der Waals surface area (Å²) in [5.41, 5.74) is 1.31. The van der Waals surface area contributed by atoms with Crippen LogP contribution in [0.2, 0.25) is 0 Å². The predicted molar refractivity (Wildman–Crippen MR) is 85.9 cm³/mol. The van der Waals surface area contributed by atoms with E-state index in [2.05, 4.69) is 29.4 Å². The van der Waals surface area contributed by atoms with Crippen molar-refractivity contribution in [3.63, 3.8) is 0 Å². The number of fused-ring (bicyclic) bond motifs is 1. The van der Waals surface area contributed by atoms with Crippen molar-refractivity contribution in [2.24, 2.45) is 11.8 Å². The first-order valence-corrected chi connectivity index (χ1v) is 8.58. The van der Waals surface area contributed by atoms with Crippen LogP contribution in [0.25, 0.3) is 0 Å². The normalized spacial score (nSPS) is 29.4. The maximum absolute atomic E-state index is 12.2. The Labute approximate surface area is 128 Å². The average molecular weight is 288 g/mol. The Kier molecular flexibility index (Phi) is 4.79. The maximum atomic E-state index is 12.2. The topological polar surface area (TPSA) is 32.3 Å². The first kappa shape index (κ1) is 14.8. The van der Waals surface area contributed by atoms with Crippen LogP contribution in [0.5, 0.6) is 0 Å². The lowest BCUT2D eigenvalue weighted by atomic mass is 9.84. The van der Waals surface area contributed by atoms with Crippen molar-refractivity contribution < 1.29 is 4.79 Å². The van der Waals surface area contributed by atoms with Gasteiger partial charge in [-0.1, -0.05) is 25.3 Å². The molecule has 0 spiro atoms. The minimum atomic E-state index is 0.134. The van der Waals surface area contributed by atoms with Gasteiger partial charge in [0, 0.05) is 18.9 Å². The summed E-state index contributed by atoms with van der Waals surface area (Å²) in [5, 5.41) is 3.25. The largest absolute Gasteiger partial charge is 0.384 e. The van der Waals surface area contributed by atoms with E-state index in [9.17, 15) is 4.79 Å². The van der Waals surface area contributed by atoms with Crippen molar-refractivity contribution in [2.75, 3.05) is 20.1 Å². The van der Waals surface area contributed by atoms with E-state index in [0.29, 0.717) is 12.2 Å². The fourth-order valence-electron chi connectivity index (χ4n) is 4.00. The van der Waals surface area contributed by atoms with Gasteiger partial charge in [0.05, 0.1) is 6.04 Å². The van der Waals surface area contributed by atoms with Gasteiger partial charge < -0.3 is 10.2 Å². The van der Waals surface area contributed by atoms with E-state index in [4.69, 9.17) is 0 Å². The molecule has 21 heavy (non-hydrogen) atoms. The zero-order valence-corrected chi connectivity index (χ0v) is 13.2. The second-order valence-corrected chi connectivity index (χ2v) is 7.05. The molecule has 2 atom stereocenters. The van der Waals surface area contributed by atoms with Crippen LogP contribution in [0.4, 0.5) is 0 Å². The lowest BCUT2D eigenvalue weighted by Gasteiger charge is -2.29.